The van der Waals surface area contributed by atoms with Gasteiger partial charge >= 0.3 is 0 Å². The molecule has 144 valence electrons. The zero-order valence-corrected chi connectivity index (χ0v) is 17.7. The number of benzene rings is 3. The summed E-state index contributed by atoms with van der Waals surface area (Å²) in [5, 5.41) is 0.422. The standard InChI is InChI=1S/C26H23O2P/c1-24(2,3)23-25(18-12-6-4-7-13-18)22(27)20-16-10-11-17-21(20)26(28-25,29-23)19-14-8-5-9-15-19/h4-17H,1-3H3. The van der Waals surface area contributed by atoms with Crippen molar-refractivity contribution in [1.29, 1.82) is 0 Å². The Kier molecular flexibility index (Phi) is 3.97. The summed E-state index contributed by atoms with van der Waals surface area (Å²) in [5.74, 6) is 0.0424. The van der Waals surface area contributed by atoms with Crippen LogP contribution in [-0.4, -0.2) is 11.1 Å². The van der Waals surface area contributed by atoms with Gasteiger partial charge in [-0.2, -0.15) is 0 Å². The largest absolute Gasteiger partial charge is 0.333 e. The molecule has 0 fully saturated rings. The summed E-state index contributed by atoms with van der Waals surface area (Å²) in [6.45, 7) is 6.54. The lowest BCUT2D eigenvalue weighted by molar-refractivity contribution is -0.0443. The molecule has 2 aliphatic heterocycles. The summed E-state index contributed by atoms with van der Waals surface area (Å²) >= 11 is 0. The van der Waals surface area contributed by atoms with Gasteiger partial charge in [-0.05, 0) is 16.5 Å². The van der Waals surface area contributed by atoms with Crippen molar-refractivity contribution in [2.24, 2.45) is 5.41 Å². The van der Waals surface area contributed by atoms with Crippen molar-refractivity contribution in [1.82, 2.24) is 0 Å². The Hall–Kier alpha value is -2.54. The van der Waals surface area contributed by atoms with Crippen molar-refractivity contribution in [2.45, 2.75) is 31.7 Å². The van der Waals surface area contributed by atoms with E-state index in [1.54, 1.807) is 0 Å². The summed E-state index contributed by atoms with van der Waals surface area (Å²) in [7, 11) is 1.03. The van der Waals surface area contributed by atoms with E-state index < -0.39 is 10.9 Å². The van der Waals surface area contributed by atoms with Crippen molar-refractivity contribution >= 4 is 19.3 Å². The van der Waals surface area contributed by atoms with Gasteiger partial charge in [0, 0.05) is 16.4 Å². The number of rotatable bonds is 2. The molecule has 0 saturated heterocycles. The normalized spacial score (nSPS) is 26.0. The number of Topliss-reactive ketones (excluding diaryl/α,β-unsaturated/α-hetero) is 1. The fourth-order valence-corrected chi connectivity index (χ4v) is 6.46. The number of fused-ring (bicyclic) bond motifs is 4. The molecule has 0 aliphatic carbocycles. The van der Waals surface area contributed by atoms with Crippen molar-refractivity contribution in [3.05, 3.63) is 107 Å². The van der Waals surface area contributed by atoms with E-state index in [4.69, 9.17) is 4.74 Å². The monoisotopic (exact) mass is 398 g/mol. The third-order valence-electron chi connectivity index (χ3n) is 5.82. The van der Waals surface area contributed by atoms with E-state index in [0.717, 1.165) is 35.8 Å². The predicted octanol–water partition coefficient (Wildman–Crippen LogP) is 6.17. The molecule has 2 bridgehead atoms. The Morgan fingerprint density at radius 3 is 1.93 bits per heavy atom. The van der Waals surface area contributed by atoms with E-state index >= 15 is 0 Å². The second-order valence-corrected chi connectivity index (χ2v) is 10.0. The lowest BCUT2D eigenvalue weighted by Crippen LogP contribution is -2.52. The van der Waals surface area contributed by atoms with Crippen LogP contribution in [0.5, 0.6) is 0 Å². The topological polar surface area (TPSA) is 26.3 Å². The summed E-state index contributed by atoms with van der Waals surface area (Å²) in [6.07, 6.45) is 0. The average Bonchev–Trinajstić information content (AvgIpc) is 3.10. The fraction of sp³-hybridized carbons (Fsp3) is 0.231. The Labute approximate surface area is 173 Å². The highest BCUT2D eigenvalue weighted by Gasteiger charge is 2.64. The molecule has 2 aliphatic rings. The van der Waals surface area contributed by atoms with Crippen molar-refractivity contribution in [2.75, 3.05) is 0 Å². The number of carbonyl (C=O) groups excluding carboxylic acids is 1. The molecule has 0 aromatic heterocycles. The van der Waals surface area contributed by atoms with Crippen molar-refractivity contribution in [3.63, 3.8) is 0 Å². The molecular formula is C26H23O2P. The molecular weight excluding hydrogens is 375 g/mol. The van der Waals surface area contributed by atoms with Crippen LogP contribution in [0.15, 0.2) is 84.9 Å². The maximum absolute atomic E-state index is 14.1. The fourth-order valence-electron chi connectivity index (χ4n) is 4.60. The van der Waals surface area contributed by atoms with Gasteiger partial charge in [-0.1, -0.05) is 114 Å². The number of hydrogen-bond acceptors (Lipinski definition) is 2. The van der Waals surface area contributed by atoms with Crippen LogP contribution in [0.25, 0.3) is 0 Å². The molecule has 0 amide bonds. The van der Waals surface area contributed by atoms with Crippen LogP contribution in [0.2, 0.25) is 0 Å². The Morgan fingerprint density at radius 1 is 0.759 bits per heavy atom. The highest BCUT2D eigenvalue weighted by atomic mass is 31.1. The van der Waals surface area contributed by atoms with Gasteiger partial charge in [0.1, 0.15) is 0 Å². The molecule has 0 saturated carbocycles. The number of ketones is 1. The van der Waals surface area contributed by atoms with E-state index in [2.05, 4.69) is 32.9 Å². The summed E-state index contributed by atoms with van der Waals surface area (Å²) in [5.41, 5.74) is 2.44. The van der Waals surface area contributed by atoms with Crippen LogP contribution in [0.1, 0.15) is 47.8 Å². The van der Waals surface area contributed by atoms with Crippen LogP contribution >= 0.6 is 8.20 Å². The molecule has 2 nitrogen and oxygen atoms in total. The highest BCUT2D eigenvalue weighted by Crippen LogP contribution is 2.63. The molecule has 29 heavy (non-hydrogen) atoms. The smallest absolute Gasteiger partial charge is 0.204 e. The van der Waals surface area contributed by atoms with Crippen LogP contribution in [0.3, 0.4) is 0 Å². The van der Waals surface area contributed by atoms with Crippen LogP contribution in [0.4, 0.5) is 0 Å². The van der Waals surface area contributed by atoms with E-state index in [9.17, 15) is 4.79 Å². The van der Waals surface area contributed by atoms with Crippen molar-refractivity contribution in [3.8, 4) is 0 Å². The Morgan fingerprint density at radius 2 is 1.31 bits per heavy atom. The molecule has 2 atom stereocenters. The maximum atomic E-state index is 14.1. The summed E-state index contributed by atoms with van der Waals surface area (Å²) in [6, 6.07) is 28.3. The molecule has 0 radical (unpaired) electrons. The summed E-state index contributed by atoms with van der Waals surface area (Å²) < 4.78 is 7.02. The van der Waals surface area contributed by atoms with Gasteiger partial charge in [0.25, 0.3) is 0 Å². The second-order valence-electron chi connectivity index (χ2n) is 8.74. The number of carbonyl (C=O) groups is 1. The predicted molar refractivity (Wildman–Crippen MR) is 119 cm³/mol. The Balaban J connectivity index is 1.91. The van der Waals surface area contributed by atoms with E-state index in [1.807, 2.05) is 72.8 Å². The minimum atomic E-state index is -1.08. The van der Waals surface area contributed by atoms with Gasteiger partial charge in [0.05, 0.1) is 0 Å². The SMILES string of the molecule is CC(C)(C)C1=PC2(c3ccccc3)OC1(c1ccccc1)C(=O)c1ccccc12. The van der Waals surface area contributed by atoms with E-state index in [1.165, 1.54) is 0 Å². The zero-order valence-electron chi connectivity index (χ0n) is 16.8. The van der Waals surface area contributed by atoms with Gasteiger partial charge in [0.15, 0.2) is 10.9 Å². The Bertz CT molecular complexity index is 1130. The molecule has 0 N–H and O–H groups in total. The van der Waals surface area contributed by atoms with E-state index in [0.29, 0.717) is 0 Å². The first-order valence-corrected chi connectivity index (χ1v) is 10.9. The lowest BCUT2D eigenvalue weighted by atomic mass is 9.71. The van der Waals surface area contributed by atoms with Gasteiger partial charge in [-0.15, -0.1) is 0 Å². The van der Waals surface area contributed by atoms with E-state index in [-0.39, 0.29) is 11.2 Å². The van der Waals surface area contributed by atoms with Gasteiger partial charge in [0.2, 0.25) is 5.78 Å². The average molecular weight is 398 g/mol. The van der Waals surface area contributed by atoms with Gasteiger partial charge in [-0.25, -0.2) is 0 Å². The number of ether oxygens (including phenoxy) is 1. The first kappa shape index (κ1) is 18.5. The van der Waals surface area contributed by atoms with Crippen LogP contribution in [-0.2, 0) is 15.7 Å². The molecule has 3 aromatic rings. The minimum absolute atomic E-state index is 0.0424. The molecule has 3 aromatic carbocycles. The zero-order chi connectivity index (χ0) is 20.3. The molecule has 0 spiro atoms. The second kappa shape index (κ2) is 6.23. The third kappa shape index (κ3) is 2.46. The summed E-state index contributed by atoms with van der Waals surface area (Å²) in [4.78, 5) is 14.1. The molecule has 5 rings (SSSR count). The van der Waals surface area contributed by atoms with Crippen LogP contribution < -0.4 is 0 Å². The first-order chi connectivity index (χ1) is 13.9. The quantitative estimate of drug-likeness (QED) is 0.482. The first-order valence-electron chi connectivity index (χ1n) is 9.96. The molecule has 3 heteroatoms. The molecule has 2 heterocycles. The van der Waals surface area contributed by atoms with Crippen molar-refractivity contribution < 1.29 is 9.53 Å². The van der Waals surface area contributed by atoms with Crippen LogP contribution in [0, 0.1) is 5.41 Å². The third-order valence-corrected chi connectivity index (χ3v) is 7.93. The minimum Gasteiger partial charge on any atom is -0.333 e. The maximum Gasteiger partial charge on any atom is 0.204 e. The van der Waals surface area contributed by atoms with Gasteiger partial charge < -0.3 is 4.74 Å². The highest BCUT2D eigenvalue weighted by molar-refractivity contribution is 7.43. The lowest BCUT2D eigenvalue weighted by Gasteiger charge is -2.43. The van der Waals surface area contributed by atoms with Gasteiger partial charge in [-0.3, -0.25) is 4.79 Å². The molecule has 2 unspecified atom stereocenters. The number of hydrogen-bond donors (Lipinski definition) is 0.